The second-order valence-electron chi connectivity index (χ2n) is 8.59. The summed E-state index contributed by atoms with van der Waals surface area (Å²) in [5, 5.41) is 10.7. The van der Waals surface area contributed by atoms with Crippen LogP contribution in [0.15, 0.2) is 54.2 Å². The molecular formula is C25H28FN3OS. The molecule has 1 N–H and O–H groups in total. The number of halogens is 1. The number of benzene rings is 2. The van der Waals surface area contributed by atoms with Crippen LogP contribution < -0.4 is 4.90 Å². The van der Waals surface area contributed by atoms with Crippen molar-refractivity contribution in [3.05, 3.63) is 81.6 Å². The molecule has 162 valence electrons. The van der Waals surface area contributed by atoms with Gasteiger partial charge in [0.2, 0.25) is 0 Å². The molecule has 0 spiro atoms. The molecule has 4 nitrogen and oxygen atoms in total. The van der Waals surface area contributed by atoms with Crippen molar-refractivity contribution >= 4 is 17.0 Å². The second kappa shape index (κ2) is 9.07. The molecule has 3 heterocycles. The van der Waals surface area contributed by atoms with Crippen molar-refractivity contribution in [3.8, 4) is 0 Å². The largest absolute Gasteiger partial charge is 0.383 e. The van der Waals surface area contributed by atoms with Crippen LogP contribution in [0, 0.1) is 5.82 Å². The van der Waals surface area contributed by atoms with Crippen molar-refractivity contribution in [1.29, 1.82) is 0 Å². The summed E-state index contributed by atoms with van der Waals surface area (Å²) in [4.78, 5) is 10.1. The standard InChI is InChI=1S/C25H28FN3OS/c26-21-5-1-18(2-6-21)7-11-28-12-9-22(10-13-28)29-14-8-19-3-4-20(15-23(19)29)25(30)24-16-27-17-31-24/h1-6,15-17,22,25,30H,7-14H2. The molecule has 6 heteroatoms. The fourth-order valence-corrected chi connectivity index (χ4v) is 5.52. The second-order valence-corrected chi connectivity index (χ2v) is 9.51. The Morgan fingerprint density at radius 1 is 1.10 bits per heavy atom. The predicted octanol–water partition coefficient (Wildman–Crippen LogP) is 4.43. The van der Waals surface area contributed by atoms with E-state index in [2.05, 4.69) is 33.0 Å². The van der Waals surface area contributed by atoms with Crippen LogP contribution in [0.5, 0.6) is 0 Å². The molecule has 1 fully saturated rings. The summed E-state index contributed by atoms with van der Waals surface area (Å²) in [6, 6.07) is 13.9. The molecule has 2 aromatic carbocycles. The number of anilines is 1. The number of hydrogen-bond acceptors (Lipinski definition) is 5. The minimum atomic E-state index is -0.603. The van der Waals surface area contributed by atoms with Gasteiger partial charge in [-0.15, -0.1) is 11.3 Å². The van der Waals surface area contributed by atoms with Crippen LogP contribution in [-0.2, 0) is 12.8 Å². The molecule has 0 bridgehead atoms. The Hall–Kier alpha value is -2.28. The van der Waals surface area contributed by atoms with Gasteiger partial charge in [0.05, 0.1) is 10.4 Å². The number of likely N-dealkylation sites (tertiary alicyclic amines) is 1. The normalized spacial score (nSPS) is 18.3. The molecular weight excluding hydrogens is 409 g/mol. The van der Waals surface area contributed by atoms with E-state index in [0.29, 0.717) is 6.04 Å². The predicted molar refractivity (Wildman–Crippen MR) is 123 cm³/mol. The topological polar surface area (TPSA) is 39.6 Å². The lowest BCUT2D eigenvalue weighted by Gasteiger charge is -2.38. The summed E-state index contributed by atoms with van der Waals surface area (Å²) in [6.07, 6.45) is 5.51. The molecule has 0 saturated carbocycles. The van der Waals surface area contributed by atoms with Crippen LogP contribution in [0.1, 0.15) is 40.5 Å². The minimum absolute atomic E-state index is 0.168. The van der Waals surface area contributed by atoms with Crippen molar-refractivity contribution < 1.29 is 9.50 Å². The van der Waals surface area contributed by atoms with E-state index in [9.17, 15) is 9.50 Å². The highest BCUT2D eigenvalue weighted by Gasteiger charge is 2.30. The zero-order valence-corrected chi connectivity index (χ0v) is 18.4. The van der Waals surface area contributed by atoms with Crippen LogP contribution in [0.3, 0.4) is 0 Å². The maximum absolute atomic E-state index is 13.1. The van der Waals surface area contributed by atoms with Gasteiger partial charge < -0.3 is 14.9 Å². The molecule has 31 heavy (non-hydrogen) atoms. The Morgan fingerprint density at radius 3 is 2.65 bits per heavy atom. The van der Waals surface area contributed by atoms with Crippen LogP contribution in [-0.4, -0.2) is 47.2 Å². The zero-order valence-electron chi connectivity index (χ0n) is 17.6. The number of aliphatic hydroxyl groups is 1. The van der Waals surface area contributed by atoms with Gasteiger partial charge in [0.25, 0.3) is 0 Å². The maximum Gasteiger partial charge on any atom is 0.123 e. The van der Waals surface area contributed by atoms with E-state index in [1.807, 2.05) is 12.1 Å². The summed E-state index contributed by atoms with van der Waals surface area (Å²) < 4.78 is 13.1. The number of aromatic nitrogens is 1. The summed E-state index contributed by atoms with van der Waals surface area (Å²) >= 11 is 1.49. The molecule has 3 aromatic rings. The van der Waals surface area contributed by atoms with Crippen molar-refractivity contribution in [2.75, 3.05) is 31.1 Å². The highest BCUT2D eigenvalue weighted by atomic mass is 32.1. The first kappa shape index (κ1) is 20.6. The zero-order chi connectivity index (χ0) is 21.2. The summed E-state index contributed by atoms with van der Waals surface area (Å²) in [6.45, 7) is 4.29. The molecule has 2 aliphatic heterocycles. The molecule has 5 rings (SSSR count). The van der Waals surface area contributed by atoms with Crippen LogP contribution in [0.4, 0.5) is 10.1 Å². The third kappa shape index (κ3) is 4.52. The Kier molecular flexibility index (Phi) is 6.03. The van der Waals surface area contributed by atoms with Gasteiger partial charge in [-0.2, -0.15) is 0 Å². The fraction of sp³-hybridized carbons (Fsp3) is 0.400. The summed E-state index contributed by atoms with van der Waals surface area (Å²) in [7, 11) is 0. The number of rotatable bonds is 6. The molecule has 1 aromatic heterocycles. The van der Waals surface area contributed by atoms with E-state index in [4.69, 9.17) is 0 Å². The van der Waals surface area contributed by atoms with E-state index in [0.717, 1.165) is 62.3 Å². The lowest BCUT2D eigenvalue weighted by Crippen LogP contribution is -2.45. The van der Waals surface area contributed by atoms with Gasteiger partial charge in [-0.3, -0.25) is 4.98 Å². The fourth-order valence-electron chi connectivity index (χ4n) is 4.89. The monoisotopic (exact) mass is 437 g/mol. The summed E-state index contributed by atoms with van der Waals surface area (Å²) in [5.74, 6) is -0.168. The van der Waals surface area contributed by atoms with Gasteiger partial charge in [0, 0.05) is 44.1 Å². The highest BCUT2D eigenvalue weighted by Crippen LogP contribution is 2.36. The number of piperidine rings is 1. The van der Waals surface area contributed by atoms with Crippen molar-refractivity contribution in [2.45, 2.75) is 37.8 Å². The quantitative estimate of drug-likeness (QED) is 0.619. The lowest BCUT2D eigenvalue weighted by atomic mass is 10.0. The van der Waals surface area contributed by atoms with E-state index in [1.165, 1.54) is 28.2 Å². The van der Waals surface area contributed by atoms with Gasteiger partial charge in [-0.25, -0.2) is 4.39 Å². The average Bonchev–Trinajstić information content (AvgIpc) is 3.48. The van der Waals surface area contributed by atoms with Gasteiger partial charge in [-0.1, -0.05) is 24.3 Å². The summed E-state index contributed by atoms with van der Waals surface area (Å²) in [5.41, 5.74) is 6.60. The van der Waals surface area contributed by atoms with Crippen molar-refractivity contribution in [2.24, 2.45) is 0 Å². The number of thiazole rings is 1. The Labute approximate surface area is 187 Å². The first-order chi connectivity index (χ1) is 15.2. The lowest BCUT2D eigenvalue weighted by molar-refractivity contribution is 0.211. The van der Waals surface area contributed by atoms with E-state index in [-0.39, 0.29) is 5.82 Å². The smallest absolute Gasteiger partial charge is 0.123 e. The van der Waals surface area contributed by atoms with E-state index >= 15 is 0 Å². The molecule has 0 radical (unpaired) electrons. The number of fused-ring (bicyclic) bond motifs is 1. The molecule has 1 atom stereocenters. The van der Waals surface area contributed by atoms with E-state index < -0.39 is 6.10 Å². The first-order valence-electron chi connectivity index (χ1n) is 11.1. The van der Waals surface area contributed by atoms with Gasteiger partial charge in [0.15, 0.2) is 0 Å². The molecule has 0 amide bonds. The molecule has 2 aliphatic rings. The molecule has 0 aliphatic carbocycles. The van der Waals surface area contributed by atoms with E-state index in [1.54, 1.807) is 23.8 Å². The average molecular weight is 438 g/mol. The van der Waals surface area contributed by atoms with Crippen LogP contribution in [0.25, 0.3) is 0 Å². The number of nitrogens with zero attached hydrogens (tertiary/aromatic N) is 3. The third-order valence-corrected chi connectivity index (χ3v) is 7.53. The minimum Gasteiger partial charge on any atom is -0.383 e. The molecule has 1 saturated heterocycles. The van der Waals surface area contributed by atoms with Crippen molar-refractivity contribution in [1.82, 2.24) is 9.88 Å². The van der Waals surface area contributed by atoms with Gasteiger partial charge in [0.1, 0.15) is 11.9 Å². The Bertz CT molecular complexity index is 1000. The van der Waals surface area contributed by atoms with Gasteiger partial charge in [-0.05, 0) is 60.6 Å². The number of hydrogen-bond donors (Lipinski definition) is 1. The third-order valence-electron chi connectivity index (χ3n) is 6.71. The SMILES string of the molecule is OC(c1ccc2c(c1)N(C1CCN(CCc3ccc(F)cc3)CC1)CC2)c1cncs1. The Morgan fingerprint density at radius 2 is 1.90 bits per heavy atom. The first-order valence-corrected chi connectivity index (χ1v) is 12.0. The highest BCUT2D eigenvalue weighted by molar-refractivity contribution is 7.09. The number of aliphatic hydroxyl groups excluding tert-OH is 1. The van der Waals surface area contributed by atoms with Gasteiger partial charge >= 0.3 is 0 Å². The van der Waals surface area contributed by atoms with Crippen molar-refractivity contribution in [3.63, 3.8) is 0 Å². The maximum atomic E-state index is 13.1. The molecule has 1 unspecified atom stereocenters. The Balaban J connectivity index is 1.20. The van der Waals surface area contributed by atoms with Crippen LogP contribution in [0.2, 0.25) is 0 Å². The van der Waals surface area contributed by atoms with Crippen LogP contribution >= 0.6 is 11.3 Å².